The van der Waals surface area contributed by atoms with Gasteiger partial charge in [0.25, 0.3) is 0 Å². The number of nitrogens with zero attached hydrogens (tertiary/aromatic N) is 1. The van der Waals surface area contributed by atoms with Crippen LogP contribution >= 0.6 is 0 Å². The number of methoxy groups -OCH3 is 2. The lowest BCUT2D eigenvalue weighted by molar-refractivity contribution is -0.0410. The number of carbonyl (C=O) groups excluding carboxylic acids is 1. The van der Waals surface area contributed by atoms with Crippen LogP contribution in [0, 0.1) is 5.92 Å². The molecule has 1 aliphatic rings. The van der Waals surface area contributed by atoms with Crippen molar-refractivity contribution in [2.75, 3.05) is 14.2 Å². The molecule has 1 saturated carbocycles. The summed E-state index contributed by atoms with van der Waals surface area (Å²) in [4.78, 5) is 15.6. The summed E-state index contributed by atoms with van der Waals surface area (Å²) in [6.07, 6.45) is 5.77. The minimum absolute atomic E-state index is 0.0837. The number of hydrogen-bond acceptors (Lipinski definition) is 4. The Labute approximate surface area is 128 Å². The molecule has 0 atom stereocenters. The van der Waals surface area contributed by atoms with E-state index in [2.05, 4.69) is 9.72 Å². The molecule has 0 unspecified atom stereocenters. The fourth-order valence-electron chi connectivity index (χ4n) is 2.48. The Morgan fingerprint density at radius 2 is 2.05 bits per heavy atom. The van der Waals surface area contributed by atoms with Gasteiger partial charge in [0.15, 0.2) is 0 Å². The van der Waals surface area contributed by atoms with Gasteiger partial charge in [-0.25, -0.2) is 18.6 Å². The molecule has 0 bridgehead atoms. The largest absolute Gasteiger partial charge is 0.481 e. The monoisotopic (exact) mass is 311 g/mol. The molecule has 0 radical (unpaired) electrons. The van der Waals surface area contributed by atoms with Crippen molar-refractivity contribution in [2.45, 2.75) is 31.6 Å². The van der Waals surface area contributed by atoms with Crippen LogP contribution in [0.25, 0.3) is 6.08 Å². The number of pyridine rings is 1. The van der Waals surface area contributed by atoms with Gasteiger partial charge in [-0.05, 0) is 24.8 Å². The Balaban J connectivity index is 2.13. The third-order valence-corrected chi connectivity index (χ3v) is 3.80. The highest BCUT2D eigenvalue weighted by Gasteiger charge is 2.33. The van der Waals surface area contributed by atoms with Crippen LogP contribution in [-0.2, 0) is 4.74 Å². The lowest BCUT2D eigenvalue weighted by atomic mass is 9.86. The number of aromatic nitrogens is 1. The summed E-state index contributed by atoms with van der Waals surface area (Å²) in [5.41, 5.74) is 0.945. The third-order valence-electron chi connectivity index (χ3n) is 3.80. The van der Waals surface area contributed by atoms with Crippen molar-refractivity contribution in [3.05, 3.63) is 29.5 Å². The molecule has 0 N–H and O–H groups in total. The van der Waals surface area contributed by atoms with E-state index < -0.39 is 11.9 Å². The van der Waals surface area contributed by atoms with Crippen molar-refractivity contribution < 1.29 is 23.0 Å². The van der Waals surface area contributed by atoms with E-state index in [1.165, 1.54) is 20.4 Å². The predicted molar refractivity (Wildman–Crippen MR) is 78.1 cm³/mol. The van der Waals surface area contributed by atoms with Crippen molar-refractivity contribution in [1.82, 2.24) is 4.98 Å². The molecule has 1 heterocycles. The molecule has 0 aromatic carbocycles. The molecule has 1 aromatic rings. The summed E-state index contributed by atoms with van der Waals surface area (Å²) in [7, 11) is 2.78. The van der Waals surface area contributed by atoms with Gasteiger partial charge in [0.2, 0.25) is 11.8 Å². The van der Waals surface area contributed by atoms with E-state index in [0.717, 1.165) is 0 Å². The zero-order valence-corrected chi connectivity index (χ0v) is 12.6. The number of hydrogen-bond donors (Lipinski definition) is 0. The first-order valence-electron chi connectivity index (χ1n) is 7.13. The lowest BCUT2D eigenvalue weighted by Gasteiger charge is -2.26. The van der Waals surface area contributed by atoms with Crippen LogP contribution in [0.3, 0.4) is 0 Å². The Bertz CT molecular complexity index is 563. The molecule has 0 aliphatic heterocycles. The Morgan fingerprint density at radius 3 is 2.64 bits per heavy atom. The normalized spacial score (nSPS) is 18.4. The first-order chi connectivity index (χ1) is 10.4. The van der Waals surface area contributed by atoms with Crippen molar-refractivity contribution in [3.63, 3.8) is 0 Å². The predicted octanol–water partition coefficient (Wildman–Crippen LogP) is 3.72. The van der Waals surface area contributed by atoms with Gasteiger partial charge in [-0.3, -0.25) is 0 Å². The number of carbonyl (C=O) groups is 1. The van der Waals surface area contributed by atoms with E-state index >= 15 is 0 Å². The van der Waals surface area contributed by atoms with Gasteiger partial charge in [-0.2, -0.15) is 0 Å². The van der Waals surface area contributed by atoms with Crippen molar-refractivity contribution in [1.29, 1.82) is 0 Å². The highest BCUT2D eigenvalue weighted by atomic mass is 19.3. The van der Waals surface area contributed by atoms with Crippen LogP contribution in [0.1, 0.15) is 41.6 Å². The van der Waals surface area contributed by atoms with Crippen LogP contribution < -0.4 is 4.74 Å². The van der Waals surface area contributed by atoms with Crippen molar-refractivity contribution >= 4 is 12.0 Å². The molecule has 0 saturated heterocycles. The van der Waals surface area contributed by atoms with Crippen molar-refractivity contribution in [2.24, 2.45) is 5.92 Å². The average molecular weight is 311 g/mol. The number of esters is 1. The Hall–Kier alpha value is -1.98. The second-order valence-corrected chi connectivity index (χ2v) is 5.37. The standard InChI is InChI=1S/C16H19F2NO3/c1-21-14-12(9-13(10-19-14)15(20)22-2)4-3-11-5-7-16(17,18)8-6-11/h3-4,9-11H,5-8H2,1-2H3. The van der Waals surface area contributed by atoms with E-state index in [1.54, 1.807) is 12.1 Å². The fraction of sp³-hybridized carbons (Fsp3) is 0.500. The second-order valence-electron chi connectivity index (χ2n) is 5.37. The Morgan fingerprint density at radius 1 is 1.36 bits per heavy atom. The highest BCUT2D eigenvalue weighted by Crippen LogP contribution is 2.37. The summed E-state index contributed by atoms with van der Waals surface area (Å²) in [5, 5.41) is 0. The first kappa shape index (κ1) is 16.4. The molecule has 6 heteroatoms. The van der Waals surface area contributed by atoms with Gasteiger partial charge in [-0.1, -0.05) is 12.2 Å². The van der Waals surface area contributed by atoms with Gasteiger partial charge in [0, 0.05) is 24.6 Å². The van der Waals surface area contributed by atoms with Gasteiger partial charge in [0.1, 0.15) is 0 Å². The maximum absolute atomic E-state index is 13.1. The smallest absolute Gasteiger partial charge is 0.339 e. The molecule has 120 valence electrons. The van der Waals surface area contributed by atoms with E-state index in [4.69, 9.17) is 4.74 Å². The minimum Gasteiger partial charge on any atom is -0.481 e. The second kappa shape index (κ2) is 6.85. The molecule has 22 heavy (non-hydrogen) atoms. The number of allylic oxidation sites excluding steroid dienone is 1. The molecule has 1 aliphatic carbocycles. The number of halogens is 2. The summed E-state index contributed by atoms with van der Waals surface area (Å²) in [6, 6.07) is 1.62. The Kier molecular flexibility index (Phi) is 5.11. The van der Waals surface area contributed by atoms with Crippen LogP contribution in [-0.4, -0.2) is 31.1 Å². The summed E-state index contributed by atoms with van der Waals surface area (Å²) < 4.78 is 36.1. The van der Waals surface area contributed by atoms with E-state index in [9.17, 15) is 13.6 Å². The summed E-state index contributed by atoms with van der Waals surface area (Å²) in [6.45, 7) is 0. The van der Waals surface area contributed by atoms with Crippen LogP contribution in [0.5, 0.6) is 5.88 Å². The zero-order chi connectivity index (χ0) is 16.2. The quantitative estimate of drug-likeness (QED) is 0.795. The van der Waals surface area contributed by atoms with Gasteiger partial charge >= 0.3 is 5.97 Å². The third kappa shape index (κ3) is 4.02. The minimum atomic E-state index is -2.53. The SMILES string of the molecule is COC(=O)c1cnc(OC)c(C=CC2CCC(F)(F)CC2)c1. The van der Waals surface area contributed by atoms with Gasteiger partial charge < -0.3 is 9.47 Å². The molecular formula is C16H19F2NO3. The maximum atomic E-state index is 13.1. The number of rotatable bonds is 4. The summed E-state index contributed by atoms with van der Waals surface area (Å²) >= 11 is 0. The fourth-order valence-corrected chi connectivity index (χ4v) is 2.48. The molecule has 4 nitrogen and oxygen atoms in total. The zero-order valence-electron chi connectivity index (χ0n) is 12.6. The maximum Gasteiger partial charge on any atom is 0.339 e. The summed E-state index contributed by atoms with van der Waals surface area (Å²) in [5.74, 6) is -2.53. The van der Waals surface area contributed by atoms with Crippen LogP contribution in [0.4, 0.5) is 8.78 Å². The van der Waals surface area contributed by atoms with E-state index in [1.807, 2.05) is 6.08 Å². The van der Waals surface area contributed by atoms with Gasteiger partial charge in [-0.15, -0.1) is 0 Å². The molecule has 1 fully saturated rings. The number of alkyl halides is 2. The van der Waals surface area contributed by atoms with Crippen LogP contribution in [0.15, 0.2) is 18.3 Å². The lowest BCUT2D eigenvalue weighted by Crippen LogP contribution is -2.23. The van der Waals surface area contributed by atoms with Crippen molar-refractivity contribution in [3.8, 4) is 5.88 Å². The molecule has 1 aromatic heterocycles. The van der Waals surface area contributed by atoms with Crippen LogP contribution in [0.2, 0.25) is 0 Å². The molecule has 0 amide bonds. The topological polar surface area (TPSA) is 48.4 Å². The molecule has 2 rings (SSSR count). The first-order valence-corrected chi connectivity index (χ1v) is 7.13. The number of ether oxygens (including phenoxy) is 2. The van der Waals surface area contributed by atoms with E-state index in [0.29, 0.717) is 29.8 Å². The van der Waals surface area contributed by atoms with E-state index in [-0.39, 0.29) is 18.8 Å². The average Bonchev–Trinajstić information content (AvgIpc) is 2.52. The highest BCUT2D eigenvalue weighted by molar-refractivity contribution is 5.89. The molecular weight excluding hydrogens is 292 g/mol. The van der Waals surface area contributed by atoms with Gasteiger partial charge in [0.05, 0.1) is 19.8 Å². The molecule has 0 spiro atoms.